The van der Waals surface area contributed by atoms with Crippen molar-refractivity contribution < 1.29 is 9.90 Å². The molecule has 0 saturated heterocycles. The molecule has 0 radical (unpaired) electrons. The van der Waals surface area contributed by atoms with Gasteiger partial charge in [0.15, 0.2) is 0 Å². The number of benzene rings is 1. The normalized spacial score (nSPS) is 17.8. The van der Waals surface area contributed by atoms with Gasteiger partial charge >= 0.3 is 0 Å². The molecule has 3 N–H and O–H groups in total. The number of hydrogen-bond donors (Lipinski definition) is 3. The molecule has 2 rings (SSSR count). The number of fused-ring (bicyclic) bond motifs is 1. The number of aliphatic hydroxyl groups excluding tert-OH is 1. The molecule has 1 aliphatic heterocycles. The van der Waals surface area contributed by atoms with Crippen LogP contribution in [-0.4, -0.2) is 24.1 Å². The molecule has 1 heterocycles. The highest BCUT2D eigenvalue weighted by molar-refractivity contribution is 5.93. The van der Waals surface area contributed by atoms with Crippen LogP contribution >= 0.6 is 0 Å². The summed E-state index contributed by atoms with van der Waals surface area (Å²) in [7, 11) is 1.87. The zero-order chi connectivity index (χ0) is 14.0. The SMILES string of the molecule is CNC(C(C)C)C(O)c1ccc2c(c1)CCC(=O)N2. The topological polar surface area (TPSA) is 61.4 Å². The van der Waals surface area contributed by atoms with Gasteiger partial charge in [-0.3, -0.25) is 4.79 Å². The van der Waals surface area contributed by atoms with Crippen LogP contribution in [0, 0.1) is 5.92 Å². The molecule has 0 fully saturated rings. The van der Waals surface area contributed by atoms with Crippen molar-refractivity contribution in [1.29, 1.82) is 0 Å². The molecule has 2 unspecified atom stereocenters. The summed E-state index contributed by atoms with van der Waals surface area (Å²) in [6.07, 6.45) is 0.729. The highest BCUT2D eigenvalue weighted by Gasteiger charge is 2.24. The predicted molar refractivity (Wildman–Crippen MR) is 76.0 cm³/mol. The van der Waals surface area contributed by atoms with E-state index in [4.69, 9.17) is 0 Å². The van der Waals surface area contributed by atoms with Crippen LogP contribution in [0.3, 0.4) is 0 Å². The van der Waals surface area contributed by atoms with Gasteiger partial charge in [0.05, 0.1) is 6.10 Å². The maximum atomic E-state index is 11.3. The Labute approximate surface area is 114 Å². The van der Waals surface area contributed by atoms with Gasteiger partial charge in [-0.25, -0.2) is 0 Å². The molecule has 0 spiro atoms. The second-order valence-electron chi connectivity index (χ2n) is 5.47. The number of carbonyl (C=O) groups is 1. The van der Waals surface area contributed by atoms with Crippen LogP contribution in [0.25, 0.3) is 0 Å². The molecular weight excluding hydrogens is 240 g/mol. The van der Waals surface area contributed by atoms with Crippen molar-refractivity contribution in [3.8, 4) is 0 Å². The first-order chi connectivity index (χ1) is 9.02. The molecule has 4 nitrogen and oxygen atoms in total. The van der Waals surface area contributed by atoms with E-state index in [1.165, 1.54) is 0 Å². The van der Waals surface area contributed by atoms with E-state index in [1.54, 1.807) is 0 Å². The summed E-state index contributed by atoms with van der Waals surface area (Å²) in [4.78, 5) is 11.3. The third kappa shape index (κ3) is 2.96. The van der Waals surface area contributed by atoms with Crippen LogP contribution in [0.15, 0.2) is 18.2 Å². The molecule has 1 aromatic rings. The standard InChI is InChI=1S/C15H22N2O2/c1-9(2)14(16-3)15(19)11-4-6-12-10(8-11)5-7-13(18)17-12/h4,6,8-9,14-16,19H,5,7H2,1-3H3,(H,17,18). The van der Waals surface area contributed by atoms with Crippen LogP contribution in [0.2, 0.25) is 0 Å². The molecule has 19 heavy (non-hydrogen) atoms. The van der Waals surface area contributed by atoms with Crippen molar-refractivity contribution in [2.24, 2.45) is 5.92 Å². The minimum absolute atomic E-state index is 0.0243. The van der Waals surface area contributed by atoms with Crippen LogP contribution < -0.4 is 10.6 Å². The van der Waals surface area contributed by atoms with E-state index in [-0.39, 0.29) is 11.9 Å². The lowest BCUT2D eigenvalue weighted by atomic mass is 9.91. The Morgan fingerprint density at radius 1 is 1.32 bits per heavy atom. The quantitative estimate of drug-likeness (QED) is 0.776. The lowest BCUT2D eigenvalue weighted by molar-refractivity contribution is -0.116. The Morgan fingerprint density at radius 2 is 2.05 bits per heavy atom. The van der Waals surface area contributed by atoms with Crippen molar-refractivity contribution in [1.82, 2.24) is 5.32 Å². The summed E-state index contributed by atoms with van der Waals surface area (Å²) in [5.41, 5.74) is 2.88. The number of likely N-dealkylation sites (N-methyl/N-ethyl adjacent to an activating group) is 1. The predicted octanol–water partition coefficient (Wildman–Crippen LogP) is 1.85. The third-order valence-electron chi connectivity index (χ3n) is 3.76. The van der Waals surface area contributed by atoms with Gasteiger partial charge in [-0.1, -0.05) is 26.0 Å². The monoisotopic (exact) mass is 262 g/mol. The molecule has 0 aliphatic carbocycles. The Kier molecular flexibility index (Phi) is 4.22. The van der Waals surface area contributed by atoms with Gasteiger partial charge in [-0.2, -0.15) is 0 Å². The molecule has 2 atom stereocenters. The van der Waals surface area contributed by atoms with E-state index < -0.39 is 6.10 Å². The number of aliphatic hydroxyl groups is 1. The Bertz CT molecular complexity index is 471. The molecule has 0 aromatic heterocycles. The molecule has 0 saturated carbocycles. The van der Waals surface area contributed by atoms with E-state index in [0.29, 0.717) is 12.3 Å². The van der Waals surface area contributed by atoms with Crippen LogP contribution in [0.1, 0.15) is 37.5 Å². The van der Waals surface area contributed by atoms with Crippen molar-refractivity contribution in [3.63, 3.8) is 0 Å². The summed E-state index contributed by atoms with van der Waals surface area (Å²) in [5.74, 6) is 0.409. The van der Waals surface area contributed by atoms with Crippen LogP contribution in [0.5, 0.6) is 0 Å². The van der Waals surface area contributed by atoms with Gasteiger partial charge in [0.2, 0.25) is 5.91 Å². The van der Waals surface area contributed by atoms with E-state index in [2.05, 4.69) is 24.5 Å². The molecule has 4 heteroatoms. The first-order valence-electron chi connectivity index (χ1n) is 6.81. The highest BCUT2D eigenvalue weighted by Crippen LogP contribution is 2.28. The summed E-state index contributed by atoms with van der Waals surface area (Å²) >= 11 is 0. The van der Waals surface area contributed by atoms with Crippen molar-refractivity contribution in [2.45, 2.75) is 38.8 Å². The molecular formula is C15H22N2O2. The fourth-order valence-electron chi connectivity index (χ4n) is 2.65. The summed E-state index contributed by atoms with van der Waals surface area (Å²) < 4.78 is 0. The molecule has 0 bridgehead atoms. The second-order valence-corrected chi connectivity index (χ2v) is 5.47. The zero-order valence-corrected chi connectivity index (χ0v) is 11.7. The van der Waals surface area contributed by atoms with E-state index in [1.807, 2.05) is 25.2 Å². The summed E-state index contributed by atoms with van der Waals surface area (Å²) in [5, 5.41) is 16.5. The number of hydrogen-bond acceptors (Lipinski definition) is 3. The Hall–Kier alpha value is -1.39. The average Bonchev–Trinajstić information content (AvgIpc) is 2.38. The van der Waals surface area contributed by atoms with Gasteiger partial charge in [0.1, 0.15) is 0 Å². The first kappa shape index (κ1) is 14.0. The molecule has 1 aliphatic rings. The van der Waals surface area contributed by atoms with Gasteiger partial charge in [-0.15, -0.1) is 0 Å². The largest absolute Gasteiger partial charge is 0.387 e. The number of nitrogens with one attached hydrogen (secondary N) is 2. The zero-order valence-electron chi connectivity index (χ0n) is 11.7. The lowest BCUT2D eigenvalue weighted by Crippen LogP contribution is -2.36. The van der Waals surface area contributed by atoms with E-state index in [9.17, 15) is 9.90 Å². The van der Waals surface area contributed by atoms with Gasteiger partial charge in [0.25, 0.3) is 0 Å². The Morgan fingerprint density at radius 3 is 2.68 bits per heavy atom. The smallest absolute Gasteiger partial charge is 0.224 e. The van der Waals surface area contributed by atoms with Gasteiger partial charge < -0.3 is 15.7 Å². The minimum Gasteiger partial charge on any atom is -0.387 e. The first-order valence-corrected chi connectivity index (χ1v) is 6.81. The number of rotatable bonds is 4. The fourth-order valence-corrected chi connectivity index (χ4v) is 2.65. The number of aryl methyl sites for hydroxylation is 1. The third-order valence-corrected chi connectivity index (χ3v) is 3.76. The number of carbonyl (C=O) groups excluding carboxylic acids is 1. The van der Waals surface area contributed by atoms with Crippen LogP contribution in [-0.2, 0) is 11.2 Å². The van der Waals surface area contributed by atoms with Gasteiger partial charge in [0, 0.05) is 18.2 Å². The van der Waals surface area contributed by atoms with E-state index in [0.717, 1.165) is 23.2 Å². The molecule has 1 aromatic carbocycles. The average molecular weight is 262 g/mol. The maximum absolute atomic E-state index is 11.3. The molecule has 104 valence electrons. The summed E-state index contributed by atoms with van der Waals surface area (Å²) in [6, 6.07) is 5.81. The lowest BCUT2D eigenvalue weighted by Gasteiger charge is -2.27. The minimum atomic E-state index is -0.534. The number of anilines is 1. The van der Waals surface area contributed by atoms with E-state index >= 15 is 0 Å². The van der Waals surface area contributed by atoms with Gasteiger partial charge in [-0.05, 0) is 36.6 Å². The fraction of sp³-hybridized carbons (Fsp3) is 0.533. The number of amides is 1. The van der Waals surface area contributed by atoms with Crippen molar-refractivity contribution >= 4 is 11.6 Å². The van der Waals surface area contributed by atoms with Crippen molar-refractivity contribution in [2.75, 3.05) is 12.4 Å². The highest BCUT2D eigenvalue weighted by atomic mass is 16.3. The van der Waals surface area contributed by atoms with Crippen molar-refractivity contribution in [3.05, 3.63) is 29.3 Å². The maximum Gasteiger partial charge on any atom is 0.224 e. The molecule has 1 amide bonds. The second kappa shape index (κ2) is 5.72. The summed E-state index contributed by atoms with van der Waals surface area (Å²) in [6.45, 7) is 4.17. The Balaban J connectivity index is 2.24. The van der Waals surface area contributed by atoms with Crippen LogP contribution in [0.4, 0.5) is 5.69 Å².